The van der Waals surface area contributed by atoms with Crippen LogP contribution < -0.4 is 9.47 Å². The largest absolute Gasteiger partial charge is 0.490 e. The molecular formula is C16H12BrCl2NO2. The predicted octanol–water partition coefficient (Wildman–Crippen LogP) is 5.61. The molecule has 0 fully saturated rings. The standard InChI is InChI=1S/C16H12BrCl2NO2/c1-2-21-15-7-11(8-20)5-12(17)16(15)22-9-10-3-4-13(18)14(19)6-10/h3-7H,2,9H2,1H3. The Morgan fingerprint density at radius 3 is 2.55 bits per heavy atom. The van der Waals surface area contributed by atoms with Crippen LogP contribution in [0.25, 0.3) is 0 Å². The van der Waals surface area contributed by atoms with Crippen molar-refractivity contribution in [3.05, 3.63) is 56.0 Å². The molecule has 0 amide bonds. The van der Waals surface area contributed by atoms with Crippen molar-refractivity contribution in [3.63, 3.8) is 0 Å². The lowest BCUT2D eigenvalue weighted by Crippen LogP contribution is -2.01. The zero-order chi connectivity index (χ0) is 16.1. The summed E-state index contributed by atoms with van der Waals surface area (Å²) in [7, 11) is 0. The Hall–Kier alpha value is -1.41. The third kappa shape index (κ3) is 4.07. The molecule has 2 rings (SSSR count). The molecule has 0 heterocycles. The third-order valence-electron chi connectivity index (χ3n) is 2.81. The average Bonchev–Trinajstić information content (AvgIpc) is 2.50. The van der Waals surface area contributed by atoms with Crippen molar-refractivity contribution in [3.8, 4) is 17.6 Å². The van der Waals surface area contributed by atoms with E-state index < -0.39 is 0 Å². The summed E-state index contributed by atoms with van der Waals surface area (Å²) in [5, 5.41) is 9.99. The normalized spacial score (nSPS) is 10.1. The zero-order valence-corrected chi connectivity index (χ0v) is 14.8. The van der Waals surface area contributed by atoms with Gasteiger partial charge in [-0.05, 0) is 46.6 Å². The van der Waals surface area contributed by atoms with Gasteiger partial charge in [-0.1, -0.05) is 29.3 Å². The Balaban J connectivity index is 2.24. The number of nitriles is 1. The first-order chi connectivity index (χ1) is 10.5. The van der Waals surface area contributed by atoms with Gasteiger partial charge in [0.1, 0.15) is 6.61 Å². The fourth-order valence-electron chi connectivity index (χ4n) is 1.82. The molecule has 114 valence electrons. The van der Waals surface area contributed by atoms with E-state index in [0.29, 0.717) is 44.8 Å². The molecule has 0 N–H and O–H groups in total. The molecule has 3 nitrogen and oxygen atoms in total. The number of rotatable bonds is 5. The van der Waals surface area contributed by atoms with E-state index in [2.05, 4.69) is 22.0 Å². The quantitative estimate of drug-likeness (QED) is 0.655. The molecule has 0 saturated heterocycles. The molecule has 2 aromatic carbocycles. The van der Waals surface area contributed by atoms with Crippen molar-refractivity contribution in [2.45, 2.75) is 13.5 Å². The number of benzene rings is 2. The average molecular weight is 401 g/mol. The molecule has 0 atom stereocenters. The molecule has 0 bridgehead atoms. The molecule has 0 aliphatic carbocycles. The lowest BCUT2D eigenvalue weighted by molar-refractivity contribution is 0.267. The van der Waals surface area contributed by atoms with Crippen LogP contribution in [0.2, 0.25) is 10.0 Å². The second-order valence-electron chi connectivity index (χ2n) is 4.37. The van der Waals surface area contributed by atoms with Crippen LogP contribution in [-0.4, -0.2) is 6.61 Å². The van der Waals surface area contributed by atoms with E-state index in [9.17, 15) is 0 Å². The Kier molecular flexibility index (Phi) is 5.96. The summed E-state index contributed by atoms with van der Waals surface area (Å²) in [6.45, 7) is 2.65. The SMILES string of the molecule is CCOc1cc(C#N)cc(Br)c1OCc1ccc(Cl)c(Cl)c1. The molecule has 0 unspecified atom stereocenters. The van der Waals surface area contributed by atoms with Crippen LogP contribution >= 0.6 is 39.1 Å². The van der Waals surface area contributed by atoms with Gasteiger partial charge >= 0.3 is 0 Å². The first-order valence-electron chi connectivity index (χ1n) is 6.48. The monoisotopic (exact) mass is 399 g/mol. The predicted molar refractivity (Wildman–Crippen MR) is 90.8 cm³/mol. The van der Waals surface area contributed by atoms with Crippen molar-refractivity contribution in [1.29, 1.82) is 5.26 Å². The van der Waals surface area contributed by atoms with Crippen LogP contribution in [0.4, 0.5) is 0 Å². The fourth-order valence-corrected chi connectivity index (χ4v) is 2.70. The molecule has 2 aromatic rings. The van der Waals surface area contributed by atoms with Gasteiger partial charge in [0.2, 0.25) is 0 Å². The summed E-state index contributed by atoms with van der Waals surface area (Å²) in [5.41, 5.74) is 1.38. The Morgan fingerprint density at radius 1 is 1.14 bits per heavy atom. The van der Waals surface area contributed by atoms with Crippen molar-refractivity contribution >= 4 is 39.1 Å². The first-order valence-corrected chi connectivity index (χ1v) is 8.03. The van der Waals surface area contributed by atoms with E-state index in [0.717, 1.165) is 5.56 Å². The van der Waals surface area contributed by atoms with Gasteiger partial charge in [-0.2, -0.15) is 5.26 Å². The van der Waals surface area contributed by atoms with Gasteiger partial charge in [-0.15, -0.1) is 0 Å². The van der Waals surface area contributed by atoms with Crippen LogP contribution in [0.3, 0.4) is 0 Å². The molecule has 0 radical (unpaired) electrons. The maximum absolute atomic E-state index is 9.02. The van der Waals surface area contributed by atoms with E-state index in [1.807, 2.05) is 13.0 Å². The molecule has 0 aromatic heterocycles. The van der Waals surface area contributed by atoms with Crippen LogP contribution in [0.1, 0.15) is 18.1 Å². The molecule has 0 saturated carbocycles. The Bertz CT molecular complexity index is 729. The van der Waals surface area contributed by atoms with E-state index in [4.69, 9.17) is 37.9 Å². The second-order valence-corrected chi connectivity index (χ2v) is 6.04. The highest BCUT2D eigenvalue weighted by atomic mass is 79.9. The van der Waals surface area contributed by atoms with Crippen LogP contribution in [0.5, 0.6) is 11.5 Å². The maximum atomic E-state index is 9.02. The first kappa shape index (κ1) is 17.0. The van der Waals surface area contributed by atoms with Crippen molar-refractivity contribution in [2.75, 3.05) is 6.61 Å². The Morgan fingerprint density at radius 2 is 1.91 bits per heavy atom. The lowest BCUT2D eigenvalue weighted by atomic mass is 10.2. The van der Waals surface area contributed by atoms with Gasteiger partial charge in [0.25, 0.3) is 0 Å². The summed E-state index contributed by atoms with van der Waals surface area (Å²) in [6, 6.07) is 10.7. The highest BCUT2D eigenvalue weighted by Crippen LogP contribution is 2.37. The van der Waals surface area contributed by atoms with E-state index >= 15 is 0 Å². The summed E-state index contributed by atoms with van der Waals surface area (Å²) in [5.74, 6) is 1.07. The molecule has 0 aliphatic heterocycles. The zero-order valence-electron chi connectivity index (χ0n) is 11.7. The summed E-state index contributed by atoms with van der Waals surface area (Å²) < 4.78 is 12.0. The highest BCUT2D eigenvalue weighted by Gasteiger charge is 2.13. The van der Waals surface area contributed by atoms with Gasteiger partial charge in [0.05, 0.1) is 32.8 Å². The minimum absolute atomic E-state index is 0.307. The summed E-state index contributed by atoms with van der Waals surface area (Å²) in [4.78, 5) is 0. The number of hydrogen-bond acceptors (Lipinski definition) is 3. The maximum Gasteiger partial charge on any atom is 0.175 e. The summed E-state index contributed by atoms with van der Waals surface area (Å²) in [6.07, 6.45) is 0. The highest BCUT2D eigenvalue weighted by molar-refractivity contribution is 9.10. The van der Waals surface area contributed by atoms with Crippen molar-refractivity contribution < 1.29 is 9.47 Å². The lowest BCUT2D eigenvalue weighted by Gasteiger charge is -2.14. The number of ether oxygens (including phenoxy) is 2. The van der Waals surface area contributed by atoms with Crippen LogP contribution in [0, 0.1) is 11.3 Å². The fraction of sp³-hybridized carbons (Fsp3) is 0.188. The van der Waals surface area contributed by atoms with Gasteiger partial charge in [-0.25, -0.2) is 0 Å². The van der Waals surface area contributed by atoms with Crippen molar-refractivity contribution in [1.82, 2.24) is 0 Å². The van der Waals surface area contributed by atoms with Crippen molar-refractivity contribution in [2.24, 2.45) is 0 Å². The smallest absolute Gasteiger partial charge is 0.175 e. The minimum atomic E-state index is 0.307. The van der Waals surface area contributed by atoms with Crippen LogP contribution in [-0.2, 0) is 6.61 Å². The number of halogens is 3. The van der Waals surface area contributed by atoms with Crippen LogP contribution in [0.15, 0.2) is 34.8 Å². The van der Waals surface area contributed by atoms with E-state index in [1.165, 1.54) is 0 Å². The molecule has 22 heavy (non-hydrogen) atoms. The van der Waals surface area contributed by atoms with Gasteiger partial charge in [0.15, 0.2) is 11.5 Å². The van der Waals surface area contributed by atoms with Gasteiger partial charge < -0.3 is 9.47 Å². The van der Waals surface area contributed by atoms with Gasteiger partial charge in [-0.3, -0.25) is 0 Å². The minimum Gasteiger partial charge on any atom is -0.490 e. The number of nitrogens with zero attached hydrogens (tertiary/aromatic N) is 1. The molecule has 0 aliphatic rings. The number of hydrogen-bond donors (Lipinski definition) is 0. The third-order valence-corrected chi connectivity index (χ3v) is 4.13. The Labute approximate surface area is 147 Å². The van der Waals surface area contributed by atoms with Gasteiger partial charge in [0, 0.05) is 6.07 Å². The second kappa shape index (κ2) is 7.73. The summed E-state index contributed by atoms with van der Waals surface area (Å²) >= 11 is 15.3. The van der Waals surface area contributed by atoms with E-state index in [1.54, 1.807) is 24.3 Å². The molecule has 6 heteroatoms. The molecule has 0 spiro atoms. The van der Waals surface area contributed by atoms with E-state index in [-0.39, 0.29) is 0 Å². The molecular weight excluding hydrogens is 389 g/mol. The topological polar surface area (TPSA) is 42.2 Å².